The minimum Gasteiger partial charge on any atom is -0.335 e. The molecule has 0 spiro atoms. The molecule has 172 valence electrons. The number of amides is 1. The fraction of sp³-hybridized carbons (Fsp3) is 0.280. The van der Waals surface area contributed by atoms with Crippen LogP contribution < -0.4 is 5.56 Å². The maximum absolute atomic E-state index is 13.6. The van der Waals surface area contributed by atoms with Crippen molar-refractivity contribution in [2.45, 2.75) is 39.3 Å². The van der Waals surface area contributed by atoms with Crippen molar-refractivity contribution in [1.29, 1.82) is 5.26 Å². The SMILES string of the molecule is CCC(c1nc2onc(C)c2c(=O)n1Cc1ccccc1)N(CCC#N)C(=O)c1ccncc1. The first-order valence-corrected chi connectivity index (χ1v) is 11.0. The molecule has 9 nitrogen and oxygen atoms in total. The zero-order valence-corrected chi connectivity index (χ0v) is 19.0. The largest absolute Gasteiger partial charge is 0.335 e. The summed E-state index contributed by atoms with van der Waals surface area (Å²) >= 11 is 0. The molecule has 4 aromatic rings. The van der Waals surface area contributed by atoms with Crippen molar-refractivity contribution in [3.8, 4) is 6.07 Å². The Morgan fingerprint density at radius 1 is 1.21 bits per heavy atom. The van der Waals surface area contributed by atoms with E-state index in [0.717, 1.165) is 5.56 Å². The minimum atomic E-state index is -0.569. The van der Waals surface area contributed by atoms with E-state index in [-0.39, 0.29) is 36.7 Å². The average Bonchev–Trinajstić information content (AvgIpc) is 3.25. The van der Waals surface area contributed by atoms with Gasteiger partial charge in [-0.05, 0) is 31.0 Å². The number of carbonyl (C=O) groups is 1. The first kappa shape index (κ1) is 22.9. The van der Waals surface area contributed by atoms with Crippen LogP contribution in [0.4, 0.5) is 0 Å². The zero-order valence-electron chi connectivity index (χ0n) is 19.0. The fourth-order valence-electron chi connectivity index (χ4n) is 4.03. The maximum Gasteiger partial charge on any atom is 0.267 e. The topological polar surface area (TPSA) is 118 Å². The number of hydrogen-bond donors (Lipinski definition) is 0. The standard InChI is InChI=1S/C25H24N6O3/c1-3-20(30(15-7-12-26)24(32)19-10-13-27-14-11-19)22-28-23-21(17(2)29-34-23)25(33)31(22)16-18-8-5-4-6-9-18/h4-6,8-11,13-14,20H,3,7,15-16H2,1-2H3. The third-order valence-corrected chi connectivity index (χ3v) is 5.69. The van der Waals surface area contributed by atoms with E-state index in [1.54, 1.807) is 40.9 Å². The second-order valence-electron chi connectivity index (χ2n) is 7.86. The van der Waals surface area contributed by atoms with E-state index in [9.17, 15) is 14.9 Å². The van der Waals surface area contributed by atoms with Crippen molar-refractivity contribution in [2.24, 2.45) is 0 Å². The number of rotatable bonds is 8. The third-order valence-electron chi connectivity index (χ3n) is 5.69. The number of aromatic nitrogens is 4. The van der Waals surface area contributed by atoms with Gasteiger partial charge >= 0.3 is 0 Å². The highest BCUT2D eigenvalue weighted by molar-refractivity contribution is 5.94. The highest BCUT2D eigenvalue weighted by atomic mass is 16.5. The van der Waals surface area contributed by atoms with Crippen LogP contribution in [0.3, 0.4) is 0 Å². The summed E-state index contributed by atoms with van der Waals surface area (Å²) < 4.78 is 6.92. The van der Waals surface area contributed by atoms with Gasteiger partial charge in [-0.1, -0.05) is 42.4 Å². The summed E-state index contributed by atoms with van der Waals surface area (Å²) in [7, 11) is 0. The van der Waals surface area contributed by atoms with E-state index in [1.165, 1.54) is 0 Å². The van der Waals surface area contributed by atoms with Gasteiger partial charge in [-0.15, -0.1) is 0 Å². The van der Waals surface area contributed by atoms with Gasteiger partial charge in [0.05, 0.1) is 30.8 Å². The number of benzene rings is 1. The molecule has 1 aromatic carbocycles. The summed E-state index contributed by atoms with van der Waals surface area (Å²) in [6, 6.07) is 14.4. The van der Waals surface area contributed by atoms with E-state index in [0.29, 0.717) is 28.9 Å². The highest BCUT2D eigenvalue weighted by Gasteiger charge is 2.30. The first-order chi connectivity index (χ1) is 16.5. The van der Waals surface area contributed by atoms with Gasteiger partial charge in [0.15, 0.2) is 0 Å². The monoisotopic (exact) mass is 456 g/mol. The molecule has 0 aliphatic heterocycles. The molecule has 1 unspecified atom stereocenters. The Labute approximate surface area is 196 Å². The van der Waals surface area contributed by atoms with Crippen LogP contribution in [0.2, 0.25) is 0 Å². The Kier molecular flexibility index (Phi) is 6.78. The molecule has 0 radical (unpaired) electrons. The molecule has 4 rings (SSSR count). The van der Waals surface area contributed by atoms with Crippen molar-refractivity contribution in [1.82, 2.24) is 24.6 Å². The maximum atomic E-state index is 13.6. The van der Waals surface area contributed by atoms with Gasteiger partial charge in [0.2, 0.25) is 0 Å². The normalized spacial score (nSPS) is 11.8. The lowest BCUT2D eigenvalue weighted by atomic mass is 10.1. The fourth-order valence-corrected chi connectivity index (χ4v) is 4.03. The number of aryl methyl sites for hydroxylation is 1. The average molecular weight is 457 g/mol. The van der Waals surface area contributed by atoms with E-state index in [2.05, 4.69) is 21.2 Å². The number of fused-ring (bicyclic) bond motifs is 1. The Morgan fingerprint density at radius 3 is 2.62 bits per heavy atom. The minimum absolute atomic E-state index is 0.136. The van der Waals surface area contributed by atoms with E-state index in [1.807, 2.05) is 37.3 Å². The molecule has 34 heavy (non-hydrogen) atoms. The summed E-state index contributed by atoms with van der Waals surface area (Å²) in [5, 5.41) is 13.5. The summed E-state index contributed by atoms with van der Waals surface area (Å²) in [6.07, 6.45) is 3.70. The lowest BCUT2D eigenvalue weighted by Gasteiger charge is -2.31. The molecule has 0 saturated heterocycles. The van der Waals surface area contributed by atoms with Gasteiger partial charge in [0.25, 0.3) is 17.2 Å². The lowest BCUT2D eigenvalue weighted by molar-refractivity contribution is 0.0661. The van der Waals surface area contributed by atoms with Crippen molar-refractivity contribution >= 4 is 17.0 Å². The number of hydrogen-bond acceptors (Lipinski definition) is 7. The molecule has 0 aliphatic rings. The predicted molar refractivity (Wildman–Crippen MR) is 125 cm³/mol. The van der Waals surface area contributed by atoms with E-state index >= 15 is 0 Å². The molecule has 0 aliphatic carbocycles. The molecule has 3 aromatic heterocycles. The number of pyridine rings is 1. The number of nitriles is 1. The van der Waals surface area contributed by atoms with Crippen LogP contribution in [0, 0.1) is 18.3 Å². The molecule has 0 fully saturated rings. The molecule has 1 amide bonds. The molecular formula is C25H24N6O3. The third kappa shape index (κ3) is 4.43. The van der Waals surface area contributed by atoms with Gasteiger partial charge in [-0.3, -0.25) is 19.1 Å². The predicted octanol–water partition coefficient (Wildman–Crippen LogP) is 3.64. The molecule has 0 saturated carbocycles. The van der Waals surface area contributed by atoms with Gasteiger partial charge in [0, 0.05) is 24.5 Å². The van der Waals surface area contributed by atoms with Crippen molar-refractivity contribution < 1.29 is 9.32 Å². The quantitative estimate of drug-likeness (QED) is 0.397. The second-order valence-corrected chi connectivity index (χ2v) is 7.86. The Hall–Kier alpha value is -4.32. The number of carbonyl (C=O) groups excluding carboxylic acids is 1. The van der Waals surface area contributed by atoms with Gasteiger partial charge in [-0.2, -0.15) is 10.2 Å². The smallest absolute Gasteiger partial charge is 0.267 e. The van der Waals surface area contributed by atoms with E-state index < -0.39 is 6.04 Å². The second kappa shape index (κ2) is 10.1. The Morgan fingerprint density at radius 2 is 1.94 bits per heavy atom. The molecule has 0 N–H and O–H groups in total. The van der Waals surface area contributed by atoms with Crippen LogP contribution in [0.15, 0.2) is 64.2 Å². The van der Waals surface area contributed by atoms with Gasteiger partial charge in [-0.25, -0.2) is 0 Å². The van der Waals surface area contributed by atoms with Gasteiger partial charge in [0.1, 0.15) is 11.2 Å². The first-order valence-electron chi connectivity index (χ1n) is 11.0. The summed E-state index contributed by atoms with van der Waals surface area (Å²) in [5.41, 5.74) is 1.68. The summed E-state index contributed by atoms with van der Waals surface area (Å²) in [6.45, 7) is 4.07. The van der Waals surface area contributed by atoms with Crippen LogP contribution in [-0.4, -0.2) is 37.0 Å². The molecule has 9 heteroatoms. The van der Waals surface area contributed by atoms with E-state index in [4.69, 9.17) is 4.52 Å². The summed E-state index contributed by atoms with van der Waals surface area (Å²) in [4.78, 5) is 37.3. The molecule has 0 bridgehead atoms. The van der Waals surface area contributed by atoms with Crippen molar-refractivity contribution in [3.63, 3.8) is 0 Å². The Bertz CT molecular complexity index is 1390. The lowest BCUT2D eigenvalue weighted by Crippen LogP contribution is -2.39. The molecular weight excluding hydrogens is 432 g/mol. The van der Waals surface area contributed by atoms with Crippen LogP contribution in [-0.2, 0) is 6.54 Å². The van der Waals surface area contributed by atoms with Crippen LogP contribution in [0.25, 0.3) is 11.1 Å². The molecule has 1 atom stereocenters. The molecule has 3 heterocycles. The summed E-state index contributed by atoms with van der Waals surface area (Å²) in [5.74, 6) is 0.124. The zero-order chi connectivity index (χ0) is 24.1. The van der Waals surface area contributed by atoms with Crippen molar-refractivity contribution in [3.05, 3.63) is 87.9 Å². The van der Waals surface area contributed by atoms with Crippen LogP contribution >= 0.6 is 0 Å². The highest BCUT2D eigenvalue weighted by Crippen LogP contribution is 2.27. The Balaban J connectivity index is 1.88. The van der Waals surface area contributed by atoms with Crippen LogP contribution in [0.5, 0.6) is 0 Å². The number of nitrogens with zero attached hydrogens (tertiary/aromatic N) is 6. The van der Waals surface area contributed by atoms with Gasteiger partial charge < -0.3 is 9.42 Å². The van der Waals surface area contributed by atoms with Crippen molar-refractivity contribution in [2.75, 3.05) is 6.54 Å². The van der Waals surface area contributed by atoms with Crippen LogP contribution in [0.1, 0.15) is 53.2 Å².